The first-order valence-electron chi connectivity index (χ1n) is 7.94. The monoisotopic (exact) mass is 373 g/mol. The number of carbonyl (C=O) groups is 1. The average molecular weight is 373 g/mol. The molecule has 0 aliphatic carbocycles. The van der Waals surface area contributed by atoms with Gasteiger partial charge in [0.05, 0.1) is 17.6 Å². The van der Waals surface area contributed by atoms with Gasteiger partial charge in [0.2, 0.25) is 10.0 Å². The van der Waals surface area contributed by atoms with E-state index in [0.717, 1.165) is 16.5 Å². The highest BCUT2D eigenvalue weighted by molar-refractivity contribution is 7.89. The number of hydrogen-bond acceptors (Lipinski definition) is 4. The maximum absolute atomic E-state index is 12.5. The summed E-state index contributed by atoms with van der Waals surface area (Å²) in [6, 6.07) is 11.8. The van der Waals surface area contributed by atoms with E-state index in [4.69, 9.17) is 9.88 Å². The third-order valence-electron chi connectivity index (χ3n) is 4.10. The van der Waals surface area contributed by atoms with Gasteiger partial charge in [0.1, 0.15) is 5.75 Å². The van der Waals surface area contributed by atoms with Crippen LogP contribution in [0.25, 0.3) is 10.9 Å². The average Bonchev–Trinajstić information content (AvgIpc) is 3.03. The van der Waals surface area contributed by atoms with Gasteiger partial charge >= 0.3 is 0 Å². The van der Waals surface area contributed by atoms with Crippen molar-refractivity contribution in [3.05, 3.63) is 59.8 Å². The van der Waals surface area contributed by atoms with Crippen molar-refractivity contribution in [2.24, 2.45) is 5.14 Å². The summed E-state index contributed by atoms with van der Waals surface area (Å²) in [5.74, 6) is -0.144. The normalized spacial score (nSPS) is 11.5. The number of amides is 1. The Morgan fingerprint density at radius 3 is 2.73 bits per heavy atom. The molecule has 1 amide bonds. The Morgan fingerprint density at radius 1 is 1.23 bits per heavy atom. The van der Waals surface area contributed by atoms with Crippen LogP contribution in [0.5, 0.6) is 5.75 Å². The molecule has 0 saturated heterocycles. The maximum Gasteiger partial charge on any atom is 0.255 e. The number of nitrogens with two attached hydrogens (primary N) is 1. The van der Waals surface area contributed by atoms with E-state index < -0.39 is 15.9 Å². The number of para-hydroxylation sites is 1. The maximum atomic E-state index is 12.5. The number of H-pyrrole nitrogens is 1. The van der Waals surface area contributed by atoms with Gasteiger partial charge in [0.25, 0.3) is 5.91 Å². The molecule has 0 unspecified atom stereocenters. The fourth-order valence-corrected chi connectivity index (χ4v) is 3.33. The van der Waals surface area contributed by atoms with Crippen molar-refractivity contribution < 1.29 is 17.9 Å². The molecule has 0 bridgehead atoms. The van der Waals surface area contributed by atoms with Crippen molar-refractivity contribution >= 4 is 26.8 Å². The minimum atomic E-state index is -3.90. The molecule has 3 aromatic rings. The van der Waals surface area contributed by atoms with Crippen LogP contribution in [0.3, 0.4) is 0 Å². The summed E-state index contributed by atoms with van der Waals surface area (Å²) in [5, 5.41) is 9.02. The van der Waals surface area contributed by atoms with Crippen molar-refractivity contribution in [3.8, 4) is 5.75 Å². The molecule has 0 aliphatic heterocycles. The zero-order valence-corrected chi connectivity index (χ0v) is 15.0. The Balaban J connectivity index is 1.73. The van der Waals surface area contributed by atoms with Crippen LogP contribution in [0.1, 0.15) is 15.9 Å². The van der Waals surface area contributed by atoms with Crippen LogP contribution in [0, 0.1) is 0 Å². The predicted octanol–water partition coefficient (Wildman–Crippen LogP) is 1.80. The van der Waals surface area contributed by atoms with Crippen LogP contribution in [0.15, 0.2) is 53.6 Å². The third-order valence-corrected chi connectivity index (χ3v) is 5.01. The molecule has 0 spiro atoms. The molecule has 4 N–H and O–H groups in total. The van der Waals surface area contributed by atoms with Crippen molar-refractivity contribution in [2.45, 2.75) is 11.3 Å². The second-order valence-electron chi connectivity index (χ2n) is 5.77. The second kappa shape index (κ2) is 7.19. The van der Waals surface area contributed by atoms with E-state index in [1.807, 2.05) is 30.5 Å². The van der Waals surface area contributed by atoms with E-state index in [-0.39, 0.29) is 16.2 Å². The number of fused-ring (bicyclic) bond motifs is 1. The lowest BCUT2D eigenvalue weighted by Crippen LogP contribution is -2.26. The van der Waals surface area contributed by atoms with Gasteiger partial charge in [0.15, 0.2) is 0 Å². The van der Waals surface area contributed by atoms with E-state index in [2.05, 4.69) is 10.3 Å². The minimum Gasteiger partial charge on any atom is -0.496 e. The number of ether oxygens (including phenoxy) is 1. The number of primary sulfonamides is 1. The number of carbonyl (C=O) groups excluding carboxylic acids is 1. The highest BCUT2D eigenvalue weighted by Gasteiger charge is 2.17. The second-order valence-corrected chi connectivity index (χ2v) is 7.33. The highest BCUT2D eigenvalue weighted by atomic mass is 32.2. The molecule has 136 valence electrons. The van der Waals surface area contributed by atoms with Gasteiger partial charge in [0, 0.05) is 23.6 Å². The Kier molecular flexibility index (Phi) is 4.97. The summed E-state index contributed by atoms with van der Waals surface area (Å²) in [7, 11) is -2.49. The standard InChI is InChI=1S/C18H19N3O4S/c1-25-17-7-6-13(26(19,23)24)10-15(17)18(22)20-9-8-12-11-21-16-5-3-2-4-14(12)16/h2-7,10-11,21H,8-9H2,1H3,(H,20,22)(H2,19,23,24). The molecule has 7 nitrogen and oxygen atoms in total. The number of methoxy groups -OCH3 is 1. The van der Waals surface area contributed by atoms with Crippen molar-refractivity contribution in [2.75, 3.05) is 13.7 Å². The Morgan fingerprint density at radius 2 is 2.00 bits per heavy atom. The molecule has 2 aromatic carbocycles. The van der Waals surface area contributed by atoms with Gasteiger partial charge in [-0.05, 0) is 36.2 Å². The molecule has 0 radical (unpaired) electrons. The van der Waals surface area contributed by atoms with E-state index in [9.17, 15) is 13.2 Å². The smallest absolute Gasteiger partial charge is 0.255 e. The van der Waals surface area contributed by atoms with E-state index in [1.54, 1.807) is 0 Å². The Bertz CT molecular complexity index is 1060. The summed E-state index contributed by atoms with van der Waals surface area (Å²) in [6.45, 7) is 0.392. The lowest BCUT2D eigenvalue weighted by molar-refractivity contribution is 0.0951. The summed E-state index contributed by atoms with van der Waals surface area (Å²) >= 11 is 0. The fourth-order valence-electron chi connectivity index (χ4n) is 2.79. The fraction of sp³-hybridized carbons (Fsp3) is 0.167. The predicted molar refractivity (Wildman–Crippen MR) is 98.7 cm³/mol. The number of sulfonamides is 1. The van der Waals surface area contributed by atoms with Gasteiger partial charge in [-0.3, -0.25) is 4.79 Å². The van der Waals surface area contributed by atoms with Crippen LogP contribution in [0.2, 0.25) is 0 Å². The Labute approximate surface area is 151 Å². The zero-order chi connectivity index (χ0) is 18.7. The number of benzene rings is 2. The van der Waals surface area contributed by atoms with Gasteiger partial charge in [-0.25, -0.2) is 13.6 Å². The third kappa shape index (κ3) is 3.71. The van der Waals surface area contributed by atoms with Gasteiger partial charge < -0.3 is 15.0 Å². The summed E-state index contributed by atoms with van der Waals surface area (Å²) in [4.78, 5) is 15.5. The molecular formula is C18H19N3O4S. The summed E-state index contributed by atoms with van der Waals surface area (Å²) in [5.41, 5.74) is 2.25. The molecule has 0 aliphatic rings. The van der Waals surface area contributed by atoms with Crippen molar-refractivity contribution in [3.63, 3.8) is 0 Å². The number of hydrogen-bond donors (Lipinski definition) is 3. The molecule has 0 fully saturated rings. The molecule has 26 heavy (non-hydrogen) atoms. The topological polar surface area (TPSA) is 114 Å². The van der Waals surface area contributed by atoms with E-state index in [0.29, 0.717) is 13.0 Å². The zero-order valence-electron chi connectivity index (χ0n) is 14.2. The summed E-state index contributed by atoms with van der Waals surface area (Å²) < 4.78 is 28.1. The van der Waals surface area contributed by atoms with Gasteiger partial charge in [-0.2, -0.15) is 0 Å². The van der Waals surface area contributed by atoms with Gasteiger partial charge in [-0.15, -0.1) is 0 Å². The molecule has 0 atom stereocenters. The van der Waals surface area contributed by atoms with Crippen LogP contribution < -0.4 is 15.2 Å². The molecule has 3 rings (SSSR count). The SMILES string of the molecule is COc1ccc(S(N)(=O)=O)cc1C(=O)NCCc1c[nH]c2ccccc12. The molecule has 1 aromatic heterocycles. The van der Waals surface area contributed by atoms with E-state index >= 15 is 0 Å². The van der Waals surface area contributed by atoms with Crippen LogP contribution in [0.4, 0.5) is 0 Å². The first-order chi connectivity index (χ1) is 12.4. The molecule has 8 heteroatoms. The quantitative estimate of drug-likeness (QED) is 0.611. The first-order valence-corrected chi connectivity index (χ1v) is 9.49. The Hall–Kier alpha value is -2.84. The van der Waals surface area contributed by atoms with E-state index in [1.165, 1.54) is 25.3 Å². The summed E-state index contributed by atoms with van der Waals surface area (Å²) in [6.07, 6.45) is 2.55. The van der Waals surface area contributed by atoms with Crippen LogP contribution >= 0.6 is 0 Å². The van der Waals surface area contributed by atoms with Crippen LogP contribution in [-0.2, 0) is 16.4 Å². The molecule has 1 heterocycles. The number of nitrogens with one attached hydrogen (secondary N) is 2. The number of rotatable bonds is 6. The van der Waals surface area contributed by atoms with Gasteiger partial charge in [-0.1, -0.05) is 18.2 Å². The first kappa shape index (κ1) is 18.0. The largest absolute Gasteiger partial charge is 0.496 e. The minimum absolute atomic E-state index is 0.123. The molecule has 0 saturated carbocycles. The molecular weight excluding hydrogens is 354 g/mol. The number of aromatic nitrogens is 1. The highest BCUT2D eigenvalue weighted by Crippen LogP contribution is 2.22. The lowest BCUT2D eigenvalue weighted by atomic mass is 10.1. The van der Waals surface area contributed by atoms with Crippen molar-refractivity contribution in [1.82, 2.24) is 10.3 Å². The lowest BCUT2D eigenvalue weighted by Gasteiger charge is -2.10. The van der Waals surface area contributed by atoms with Crippen LogP contribution in [-0.4, -0.2) is 33.0 Å². The van der Waals surface area contributed by atoms with Crippen molar-refractivity contribution in [1.29, 1.82) is 0 Å². The number of aromatic amines is 1.